The standard InChI is InChI=1S/C19H23N3O4/c1-11-8-13-16-18(15(11)21-6-4-20(3)5-7-21)26-10-12(2)22(16)9-14(17(13)23)19(24)25/h8-9,12H,4-7,10H2,1-3H3,(H,24,25)/t12-/m0/s1. The van der Waals surface area contributed by atoms with E-state index in [1.165, 1.54) is 6.20 Å². The molecule has 1 fully saturated rings. The molecule has 1 atom stereocenters. The predicted octanol–water partition coefficient (Wildman–Crippen LogP) is 1.71. The van der Waals surface area contributed by atoms with E-state index in [9.17, 15) is 14.7 Å². The summed E-state index contributed by atoms with van der Waals surface area (Å²) < 4.78 is 7.98. The number of aromatic carboxylic acids is 1. The summed E-state index contributed by atoms with van der Waals surface area (Å²) in [6.45, 7) is 8.11. The second-order valence-electron chi connectivity index (χ2n) is 7.30. The molecule has 0 bridgehead atoms. The largest absolute Gasteiger partial charge is 0.487 e. The van der Waals surface area contributed by atoms with E-state index < -0.39 is 11.4 Å². The minimum Gasteiger partial charge on any atom is -0.487 e. The van der Waals surface area contributed by atoms with Crippen molar-refractivity contribution in [1.29, 1.82) is 0 Å². The SMILES string of the molecule is Cc1cc2c(=O)c(C(=O)O)cn3c2c(c1N1CCN(C)CC1)OC[C@@H]3C. The van der Waals surface area contributed by atoms with Crippen molar-refractivity contribution in [3.63, 3.8) is 0 Å². The molecule has 0 saturated carbocycles. The molecule has 138 valence electrons. The van der Waals surface area contributed by atoms with E-state index in [0.29, 0.717) is 23.3 Å². The summed E-state index contributed by atoms with van der Waals surface area (Å²) in [5.41, 5.74) is 2.03. The van der Waals surface area contributed by atoms with Gasteiger partial charge in [0.25, 0.3) is 0 Å². The van der Waals surface area contributed by atoms with Gasteiger partial charge < -0.3 is 24.2 Å². The van der Waals surface area contributed by atoms with Crippen LogP contribution in [0.4, 0.5) is 5.69 Å². The topological polar surface area (TPSA) is 75.0 Å². The van der Waals surface area contributed by atoms with Crippen molar-refractivity contribution < 1.29 is 14.6 Å². The third-order valence-corrected chi connectivity index (χ3v) is 5.43. The Labute approximate surface area is 151 Å². The van der Waals surface area contributed by atoms with Gasteiger partial charge in [-0.05, 0) is 32.5 Å². The highest BCUT2D eigenvalue weighted by Gasteiger charge is 2.29. The van der Waals surface area contributed by atoms with Crippen LogP contribution in [0.15, 0.2) is 17.1 Å². The summed E-state index contributed by atoms with van der Waals surface area (Å²) in [5, 5.41) is 9.83. The van der Waals surface area contributed by atoms with Crippen molar-refractivity contribution in [2.75, 3.05) is 44.7 Å². The number of hydrogen-bond acceptors (Lipinski definition) is 5. The Morgan fingerprint density at radius 3 is 2.62 bits per heavy atom. The molecule has 1 aromatic carbocycles. The van der Waals surface area contributed by atoms with Crippen LogP contribution >= 0.6 is 0 Å². The Balaban J connectivity index is 2.00. The van der Waals surface area contributed by atoms with Crippen molar-refractivity contribution >= 4 is 22.6 Å². The molecule has 0 radical (unpaired) electrons. The van der Waals surface area contributed by atoms with Crippen LogP contribution in [0.5, 0.6) is 5.75 Å². The molecule has 2 aliphatic heterocycles. The fourth-order valence-electron chi connectivity index (χ4n) is 3.95. The Morgan fingerprint density at radius 1 is 1.27 bits per heavy atom. The molecule has 26 heavy (non-hydrogen) atoms. The van der Waals surface area contributed by atoms with Gasteiger partial charge in [-0.3, -0.25) is 4.79 Å². The first-order chi connectivity index (χ1) is 12.4. The molecule has 1 saturated heterocycles. The van der Waals surface area contributed by atoms with Crippen molar-refractivity contribution in [3.05, 3.63) is 33.6 Å². The normalized spacial score (nSPS) is 20.3. The number of nitrogens with zero attached hydrogens (tertiary/aromatic N) is 3. The first-order valence-electron chi connectivity index (χ1n) is 8.90. The molecule has 2 aliphatic rings. The number of piperazine rings is 1. The number of likely N-dealkylation sites (N-methyl/N-ethyl adjacent to an activating group) is 1. The van der Waals surface area contributed by atoms with E-state index in [-0.39, 0.29) is 11.6 Å². The third kappa shape index (κ3) is 2.46. The van der Waals surface area contributed by atoms with Gasteiger partial charge in [0.05, 0.1) is 22.6 Å². The first-order valence-corrected chi connectivity index (χ1v) is 8.90. The number of hydrogen-bond donors (Lipinski definition) is 1. The molecule has 0 unspecified atom stereocenters. The van der Waals surface area contributed by atoms with Crippen LogP contribution in [-0.2, 0) is 0 Å². The highest BCUT2D eigenvalue weighted by atomic mass is 16.5. The van der Waals surface area contributed by atoms with E-state index >= 15 is 0 Å². The van der Waals surface area contributed by atoms with Gasteiger partial charge in [-0.1, -0.05) is 0 Å². The van der Waals surface area contributed by atoms with Gasteiger partial charge in [0, 0.05) is 32.4 Å². The second kappa shape index (κ2) is 6.02. The Morgan fingerprint density at radius 2 is 1.96 bits per heavy atom. The summed E-state index contributed by atoms with van der Waals surface area (Å²) in [7, 11) is 2.11. The van der Waals surface area contributed by atoms with Gasteiger partial charge in [-0.2, -0.15) is 0 Å². The molecule has 1 aromatic heterocycles. The molecule has 0 aliphatic carbocycles. The number of aromatic nitrogens is 1. The maximum Gasteiger partial charge on any atom is 0.341 e. The van der Waals surface area contributed by atoms with E-state index in [1.54, 1.807) is 0 Å². The number of rotatable bonds is 2. The second-order valence-corrected chi connectivity index (χ2v) is 7.30. The number of aryl methyl sites for hydroxylation is 1. The first kappa shape index (κ1) is 16.9. The van der Waals surface area contributed by atoms with E-state index in [0.717, 1.165) is 37.4 Å². The molecular weight excluding hydrogens is 334 g/mol. The lowest BCUT2D eigenvalue weighted by Crippen LogP contribution is -2.45. The summed E-state index contributed by atoms with van der Waals surface area (Å²) >= 11 is 0. The Kier molecular flexibility index (Phi) is 3.91. The quantitative estimate of drug-likeness (QED) is 0.882. The molecule has 4 rings (SSSR count). The fraction of sp³-hybridized carbons (Fsp3) is 0.474. The number of anilines is 1. The number of carbonyl (C=O) groups is 1. The number of benzene rings is 1. The molecule has 2 aromatic rings. The van der Waals surface area contributed by atoms with Crippen LogP contribution < -0.4 is 15.1 Å². The third-order valence-electron chi connectivity index (χ3n) is 5.43. The van der Waals surface area contributed by atoms with Crippen LogP contribution in [0.3, 0.4) is 0 Å². The molecule has 7 heteroatoms. The monoisotopic (exact) mass is 357 g/mol. The summed E-state index contributed by atoms with van der Waals surface area (Å²) in [5.74, 6) is -0.488. The molecule has 0 spiro atoms. The average Bonchev–Trinajstić information content (AvgIpc) is 2.60. The van der Waals surface area contributed by atoms with E-state index in [2.05, 4.69) is 16.8 Å². The number of ether oxygens (including phenoxy) is 1. The van der Waals surface area contributed by atoms with Crippen molar-refractivity contribution in [2.45, 2.75) is 19.9 Å². The minimum absolute atomic E-state index is 0.0354. The van der Waals surface area contributed by atoms with Crippen LogP contribution in [0.1, 0.15) is 28.9 Å². The highest BCUT2D eigenvalue weighted by molar-refractivity contribution is 5.98. The van der Waals surface area contributed by atoms with Gasteiger partial charge in [0.1, 0.15) is 12.2 Å². The molecule has 3 heterocycles. The number of carboxylic acids is 1. The lowest BCUT2D eigenvalue weighted by atomic mass is 10.0. The lowest BCUT2D eigenvalue weighted by molar-refractivity contribution is 0.0694. The molecule has 1 N–H and O–H groups in total. The van der Waals surface area contributed by atoms with Crippen LogP contribution in [0.2, 0.25) is 0 Å². The van der Waals surface area contributed by atoms with Gasteiger partial charge >= 0.3 is 5.97 Å². The van der Waals surface area contributed by atoms with Gasteiger partial charge in [0.15, 0.2) is 5.75 Å². The van der Waals surface area contributed by atoms with Gasteiger partial charge in [-0.25, -0.2) is 4.79 Å². The zero-order valence-electron chi connectivity index (χ0n) is 15.3. The van der Waals surface area contributed by atoms with Crippen LogP contribution in [0, 0.1) is 6.92 Å². The van der Waals surface area contributed by atoms with E-state index in [4.69, 9.17) is 4.74 Å². The van der Waals surface area contributed by atoms with Crippen LogP contribution in [0.25, 0.3) is 10.9 Å². The molecular formula is C19H23N3O4. The maximum absolute atomic E-state index is 12.7. The van der Waals surface area contributed by atoms with Gasteiger partial charge in [0.2, 0.25) is 5.43 Å². The zero-order chi connectivity index (χ0) is 18.6. The number of carboxylic acid groups (broad SMARTS) is 1. The fourth-order valence-corrected chi connectivity index (χ4v) is 3.95. The van der Waals surface area contributed by atoms with E-state index in [1.807, 2.05) is 24.5 Å². The van der Waals surface area contributed by atoms with Gasteiger partial charge in [-0.15, -0.1) is 0 Å². The smallest absolute Gasteiger partial charge is 0.341 e. The summed E-state index contributed by atoms with van der Waals surface area (Å²) in [4.78, 5) is 28.8. The highest BCUT2D eigenvalue weighted by Crippen LogP contribution is 2.42. The summed E-state index contributed by atoms with van der Waals surface area (Å²) in [6.07, 6.45) is 1.47. The van der Waals surface area contributed by atoms with Crippen molar-refractivity contribution in [3.8, 4) is 5.75 Å². The molecule has 7 nitrogen and oxygen atoms in total. The Hall–Kier alpha value is -2.54. The number of pyridine rings is 1. The summed E-state index contributed by atoms with van der Waals surface area (Å²) in [6, 6.07) is 1.78. The Bertz CT molecular complexity index is 958. The molecule has 0 amide bonds. The average molecular weight is 357 g/mol. The van der Waals surface area contributed by atoms with Crippen LogP contribution in [-0.4, -0.2) is 60.4 Å². The van der Waals surface area contributed by atoms with Crippen molar-refractivity contribution in [1.82, 2.24) is 9.47 Å². The lowest BCUT2D eigenvalue weighted by Gasteiger charge is -2.37. The predicted molar refractivity (Wildman–Crippen MR) is 99.8 cm³/mol. The van der Waals surface area contributed by atoms with Crippen molar-refractivity contribution in [2.24, 2.45) is 0 Å². The minimum atomic E-state index is -1.19. The zero-order valence-corrected chi connectivity index (χ0v) is 15.3. The maximum atomic E-state index is 12.7.